The molecule has 1 aliphatic rings. The number of halogens is 1. The Bertz CT molecular complexity index is 1090. The lowest BCUT2D eigenvalue weighted by Gasteiger charge is -2.34. The third-order valence-corrected chi connectivity index (χ3v) is 5.73. The van der Waals surface area contributed by atoms with E-state index in [1.54, 1.807) is 17.0 Å². The lowest BCUT2D eigenvalue weighted by molar-refractivity contribution is -0.135. The number of rotatable bonds is 6. The zero-order valence-corrected chi connectivity index (χ0v) is 17.7. The van der Waals surface area contributed by atoms with Crippen LogP contribution in [0.15, 0.2) is 60.7 Å². The first-order chi connectivity index (χ1) is 15.0. The van der Waals surface area contributed by atoms with Gasteiger partial charge in [-0.2, -0.15) is 0 Å². The number of hydrogen-bond acceptors (Lipinski definition) is 4. The number of amides is 1. The Morgan fingerprint density at radius 3 is 2.23 bits per heavy atom. The quantitative estimate of drug-likeness (QED) is 0.631. The molecule has 1 aliphatic heterocycles. The summed E-state index contributed by atoms with van der Waals surface area (Å²) in [5.41, 5.74) is 1.24. The van der Waals surface area contributed by atoms with E-state index in [2.05, 4.69) is 4.90 Å². The van der Waals surface area contributed by atoms with Gasteiger partial charge in [0.15, 0.2) is 6.61 Å². The number of fused-ring (bicyclic) bond motifs is 1. The van der Waals surface area contributed by atoms with Gasteiger partial charge in [0.1, 0.15) is 11.3 Å². The first-order valence-corrected chi connectivity index (χ1v) is 10.5. The molecule has 4 rings (SSSR count). The Kier molecular flexibility index (Phi) is 6.39. The lowest BCUT2D eigenvalue weighted by atomic mass is 10.1. The molecule has 0 aliphatic carbocycles. The van der Waals surface area contributed by atoms with Crippen LogP contribution in [0.1, 0.15) is 15.9 Å². The van der Waals surface area contributed by atoms with Crippen LogP contribution in [0.25, 0.3) is 10.8 Å². The van der Waals surface area contributed by atoms with Gasteiger partial charge in [-0.1, -0.05) is 48.0 Å². The maximum Gasteiger partial charge on any atom is 0.339 e. The summed E-state index contributed by atoms with van der Waals surface area (Å²) in [6, 6.07) is 18.5. The molecule has 0 radical (unpaired) electrons. The Morgan fingerprint density at radius 2 is 1.58 bits per heavy atom. The second kappa shape index (κ2) is 9.37. The largest absolute Gasteiger partial charge is 0.483 e. The van der Waals surface area contributed by atoms with Gasteiger partial charge in [0.25, 0.3) is 5.91 Å². The Labute approximate surface area is 185 Å². The minimum Gasteiger partial charge on any atom is -0.483 e. The van der Waals surface area contributed by atoms with Gasteiger partial charge >= 0.3 is 5.97 Å². The van der Waals surface area contributed by atoms with Crippen molar-refractivity contribution >= 4 is 34.2 Å². The molecule has 6 nitrogen and oxygen atoms in total. The Balaban J connectivity index is 1.34. The molecule has 3 aromatic carbocycles. The number of carboxylic acid groups (broad SMARTS) is 1. The molecule has 1 saturated heterocycles. The van der Waals surface area contributed by atoms with Crippen molar-refractivity contribution in [1.29, 1.82) is 0 Å². The van der Waals surface area contributed by atoms with Crippen molar-refractivity contribution in [3.05, 3.63) is 76.8 Å². The standard InChI is InChI=1S/C24H23ClN2O4/c25-20-7-5-17(6-8-20)15-26-9-11-27(12-10-26)23(28)16-31-22-14-19-4-2-1-3-18(19)13-21(22)24(29)30/h1-8,13-14H,9-12,15-16H2,(H,29,30). The number of hydrogen-bond donors (Lipinski definition) is 1. The molecule has 1 heterocycles. The minimum atomic E-state index is -1.08. The van der Waals surface area contributed by atoms with E-state index < -0.39 is 5.97 Å². The fourth-order valence-corrected chi connectivity index (χ4v) is 3.87. The van der Waals surface area contributed by atoms with Crippen LogP contribution in [0.5, 0.6) is 5.75 Å². The molecular weight excluding hydrogens is 416 g/mol. The monoisotopic (exact) mass is 438 g/mol. The zero-order chi connectivity index (χ0) is 21.8. The Morgan fingerprint density at radius 1 is 0.935 bits per heavy atom. The number of benzene rings is 3. The second-order valence-corrected chi connectivity index (χ2v) is 8.01. The van der Waals surface area contributed by atoms with Crippen LogP contribution >= 0.6 is 11.6 Å². The van der Waals surface area contributed by atoms with Gasteiger partial charge < -0.3 is 14.7 Å². The molecule has 160 valence electrons. The van der Waals surface area contributed by atoms with E-state index in [1.165, 1.54) is 5.56 Å². The summed E-state index contributed by atoms with van der Waals surface area (Å²) >= 11 is 5.94. The van der Waals surface area contributed by atoms with E-state index in [1.807, 2.05) is 48.5 Å². The van der Waals surface area contributed by atoms with E-state index in [4.69, 9.17) is 16.3 Å². The highest BCUT2D eigenvalue weighted by Crippen LogP contribution is 2.26. The average Bonchev–Trinajstić information content (AvgIpc) is 2.78. The predicted octanol–water partition coefficient (Wildman–Crippen LogP) is 3.91. The maximum atomic E-state index is 12.6. The summed E-state index contributed by atoms with van der Waals surface area (Å²) in [5, 5.41) is 11.9. The zero-order valence-electron chi connectivity index (χ0n) is 17.0. The first-order valence-electron chi connectivity index (χ1n) is 10.1. The fourth-order valence-electron chi connectivity index (χ4n) is 3.74. The van der Waals surface area contributed by atoms with Gasteiger partial charge in [0.05, 0.1) is 0 Å². The highest BCUT2D eigenvalue weighted by atomic mass is 35.5. The predicted molar refractivity (Wildman–Crippen MR) is 120 cm³/mol. The molecular formula is C24H23ClN2O4. The van der Waals surface area contributed by atoms with Crippen molar-refractivity contribution in [2.24, 2.45) is 0 Å². The van der Waals surface area contributed by atoms with Crippen LogP contribution < -0.4 is 4.74 Å². The van der Waals surface area contributed by atoms with Gasteiger partial charge in [-0.25, -0.2) is 4.79 Å². The average molecular weight is 439 g/mol. The smallest absolute Gasteiger partial charge is 0.339 e. The van der Waals surface area contributed by atoms with Crippen molar-refractivity contribution in [2.45, 2.75) is 6.54 Å². The Hall–Kier alpha value is -3.09. The topological polar surface area (TPSA) is 70.1 Å². The molecule has 1 N–H and O–H groups in total. The van der Waals surface area contributed by atoms with Gasteiger partial charge in [-0.05, 0) is 40.6 Å². The summed E-state index contributed by atoms with van der Waals surface area (Å²) in [7, 11) is 0. The molecule has 1 amide bonds. The molecule has 7 heteroatoms. The molecule has 0 unspecified atom stereocenters. The number of ether oxygens (including phenoxy) is 1. The van der Waals surface area contributed by atoms with Crippen LogP contribution in [0, 0.1) is 0 Å². The summed E-state index contributed by atoms with van der Waals surface area (Å²) < 4.78 is 5.66. The van der Waals surface area contributed by atoms with Gasteiger partial charge in [-0.3, -0.25) is 9.69 Å². The SMILES string of the molecule is O=C(O)c1cc2ccccc2cc1OCC(=O)N1CCN(Cc2ccc(Cl)cc2)CC1. The number of carbonyl (C=O) groups excluding carboxylic acids is 1. The van der Waals surface area contributed by atoms with Crippen molar-refractivity contribution < 1.29 is 19.4 Å². The van der Waals surface area contributed by atoms with E-state index in [0.717, 1.165) is 35.4 Å². The molecule has 31 heavy (non-hydrogen) atoms. The number of piperazine rings is 1. The van der Waals surface area contributed by atoms with Crippen LogP contribution in [0.4, 0.5) is 0 Å². The molecule has 0 aromatic heterocycles. The summed E-state index contributed by atoms with van der Waals surface area (Å²) in [4.78, 5) is 28.3. The van der Waals surface area contributed by atoms with E-state index in [0.29, 0.717) is 13.1 Å². The fraction of sp³-hybridized carbons (Fsp3) is 0.250. The number of carbonyl (C=O) groups is 2. The van der Waals surface area contributed by atoms with Gasteiger partial charge in [0.2, 0.25) is 0 Å². The van der Waals surface area contributed by atoms with Crippen molar-refractivity contribution in [2.75, 3.05) is 32.8 Å². The highest BCUT2D eigenvalue weighted by Gasteiger charge is 2.22. The van der Waals surface area contributed by atoms with Crippen molar-refractivity contribution in [3.63, 3.8) is 0 Å². The molecule has 0 bridgehead atoms. The maximum absolute atomic E-state index is 12.6. The van der Waals surface area contributed by atoms with Crippen molar-refractivity contribution in [1.82, 2.24) is 9.80 Å². The number of carboxylic acids is 1. The summed E-state index contributed by atoms with van der Waals surface area (Å²) in [6.07, 6.45) is 0. The van der Waals surface area contributed by atoms with Gasteiger partial charge in [0, 0.05) is 37.7 Å². The third-order valence-electron chi connectivity index (χ3n) is 5.47. The van der Waals surface area contributed by atoms with Crippen molar-refractivity contribution in [3.8, 4) is 5.75 Å². The molecule has 3 aromatic rings. The van der Waals surface area contributed by atoms with E-state index in [9.17, 15) is 14.7 Å². The van der Waals surface area contributed by atoms with Crippen LogP contribution in [0.3, 0.4) is 0 Å². The lowest BCUT2D eigenvalue weighted by Crippen LogP contribution is -2.49. The van der Waals surface area contributed by atoms with Crippen LogP contribution in [-0.2, 0) is 11.3 Å². The normalized spacial score (nSPS) is 14.5. The molecule has 0 saturated carbocycles. The number of aromatic carboxylic acids is 1. The van der Waals surface area contributed by atoms with Crippen LogP contribution in [0.2, 0.25) is 5.02 Å². The summed E-state index contributed by atoms with van der Waals surface area (Å²) in [5.74, 6) is -1.01. The highest BCUT2D eigenvalue weighted by molar-refractivity contribution is 6.30. The molecule has 0 spiro atoms. The summed E-state index contributed by atoms with van der Waals surface area (Å²) in [6.45, 7) is 3.39. The number of nitrogens with zero attached hydrogens (tertiary/aromatic N) is 2. The van der Waals surface area contributed by atoms with Crippen LogP contribution in [-0.4, -0.2) is 59.6 Å². The first kappa shape index (κ1) is 21.2. The molecule has 0 atom stereocenters. The third kappa shape index (κ3) is 5.16. The van der Waals surface area contributed by atoms with E-state index >= 15 is 0 Å². The van der Waals surface area contributed by atoms with E-state index in [-0.39, 0.29) is 23.8 Å². The molecule has 1 fully saturated rings. The minimum absolute atomic E-state index is 0.0549. The second-order valence-electron chi connectivity index (χ2n) is 7.57. The van der Waals surface area contributed by atoms with Gasteiger partial charge in [-0.15, -0.1) is 0 Å².